The second kappa shape index (κ2) is 4.95. The number of hydrogen-bond donors (Lipinski definition) is 2. The van der Waals surface area contributed by atoms with Crippen LogP contribution in [0.5, 0.6) is 0 Å². The standard InChI is InChI=1S/C10H16N4O2S/c1-6(7-3-4-7)11-8(15)5-17-10-13-12-9(16)14(10)2/h6-7H,3-5H2,1-2H3,(H,11,15)(H,12,16)/t6-/m0/s1. The topological polar surface area (TPSA) is 79.8 Å². The van der Waals surface area contributed by atoms with Gasteiger partial charge in [0, 0.05) is 13.1 Å². The highest BCUT2D eigenvalue weighted by Gasteiger charge is 2.28. The zero-order valence-electron chi connectivity index (χ0n) is 9.90. The Kier molecular flexibility index (Phi) is 3.56. The molecule has 17 heavy (non-hydrogen) atoms. The van der Waals surface area contributed by atoms with Crippen LogP contribution in [0.4, 0.5) is 0 Å². The van der Waals surface area contributed by atoms with Crippen molar-refractivity contribution in [1.29, 1.82) is 0 Å². The molecule has 1 atom stereocenters. The molecular formula is C10H16N4O2S. The first-order valence-corrected chi connectivity index (χ1v) is 6.60. The van der Waals surface area contributed by atoms with Gasteiger partial charge in [-0.15, -0.1) is 5.10 Å². The Bertz CT molecular complexity index is 463. The number of thioether (sulfide) groups is 1. The molecule has 2 rings (SSSR count). The van der Waals surface area contributed by atoms with Gasteiger partial charge in [-0.1, -0.05) is 11.8 Å². The predicted octanol–water partition coefficient (Wildman–Crippen LogP) is 0.115. The van der Waals surface area contributed by atoms with Crippen LogP contribution in [0, 0.1) is 5.92 Å². The number of aromatic amines is 1. The van der Waals surface area contributed by atoms with E-state index in [4.69, 9.17) is 0 Å². The molecule has 1 aromatic heterocycles. The summed E-state index contributed by atoms with van der Waals surface area (Å²) in [6.45, 7) is 2.03. The molecule has 1 fully saturated rings. The predicted molar refractivity (Wildman–Crippen MR) is 64.9 cm³/mol. The average Bonchev–Trinajstić information content (AvgIpc) is 3.07. The van der Waals surface area contributed by atoms with Gasteiger partial charge in [-0.3, -0.25) is 9.36 Å². The van der Waals surface area contributed by atoms with Crippen molar-refractivity contribution in [2.45, 2.75) is 31.0 Å². The van der Waals surface area contributed by atoms with Gasteiger partial charge in [0.05, 0.1) is 5.75 Å². The highest BCUT2D eigenvalue weighted by atomic mass is 32.2. The summed E-state index contributed by atoms with van der Waals surface area (Å²) in [7, 11) is 1.62. The number of aromatic nitrogens is 3. The lowest BCUT2D eigenvalue weighted by Gasteiger charge is -2.11. The van der Waals surface area contributed by atoms with E-state index in [9.17, 15) is 9.59 Å². The smallest absolute Gasteiger partial charge is 0.343 e. The molecule has 6 nitrogen and oxygen atoms in total. The van der Waals surface area contributed by atoms with Crippen LogP contribution in [-0.4, -0.2) is 32.5 Å². The largest absolute Gasteiger partial charge is 0.353 e. The number of nitrogens with one attached hydrogen (secondary N) is 2. The van der Waals surface area contributed by atoms with Crippen LogP contribution < -0.4 is 11.0 Å². The summed E-state index contributed by atoms with van der Waals surface area (Å²) < 4.78 is 1.39. The van der Waals surface area contributed by atoms with Gasteiger partial charge in [0.1, 0.15) is 0 Å². The van der Waals surface area contributed by atoms with E-state index >= 15 is 0 Å². The van der Waals surface area contributed by atoms with Crippen LogP contribution in [0.2, 0.25) is 0 Å². The summed E-state index contributed by atoms with van der Waals surface area (Å²) in [5.41, 5.74) is -0.265. The second-order valence-electron chi connectivity index (χ2n) is 4.35. The maximum Gasteiger partial charge on any atom is 0.343 e. The van der Waals surface area contributed by atoms with E-state index in [2.05, 4.69) is 15.5 Å². The maximum atomic E-state index is 11.6. The first kappa shape index (κ1) is 12.2. The number of nitrogens with zero attached hydrogens (tertiary/aromatic N) is 2. The summed E-state index contributed by atoms with van der Waals surface area (Å²) in [5, 5.41) is 9.64. The van der Waals surface area contributed by atoms with Crippen LogP contribution >= 0.6 is 11.8 Å². The number of carbonyl (C=O) groups excluding carboxylic acids is 1. The molecule has 94 valence electrons. The van der Waals surface area contributed by atoms with Gasteiger partial charge in [0.15, 0.2) is 5.16 Å². The Labute approximate surface area is 103 Å². The first-order chi connectivity index (χ1) is 8.08. The van der Waals surface area contributed by atoms with Crippen LogP contribution in [0.25, 0.3) is 0 Å². The molecule has 2 N–H and O–H groups in total. The minimum absolute atomic E-state index is 0.00940. The van der Waals surface area contributed by atoms with Crippen molar-refractivity contribution in [1.82, 2.24) is 20.1 Å². The summed E-state index contributed by atoms with van der Waals surface area (Å²) in [6, 6.07) is 0.256. The summed E-state index contributed by atoms with van der Waals surface area (Å²) >= 11 is 1.26. The summed E-state index contributed by atoms with van der Waals surface area (Å²) in [5.74, 6) is 0.929. The Morgan fingerprint density at radius 3 is 2.94 bits per heavy atom. The zero-order valence-corrected chi connectivity index (χ0v) is 10.7. The lowest BCUT2D eigenvalue weighted by Crippen LogP contribution is -2.35. The molecule has 0 saturated heterocycles. The van der Waals surface area contributed by atoms with Crippen LogP contribution in [-0.2, 0) is 11.8 Å². The van der Waals surface area contributed by atoms with E-state index in [1.54, 1.807) is 7.05 Å². The minimum atomic E-state index is -0.265. The van der Waals surface area contributed by atoms with Crippen LogP contribution in [0.3, 0.4) is 0 Å². The Hall–Kier alpha value is -1.24. The quantitative estimate of drug-likeness (QED) is 0.733. The molecule has 0 unspecified atom stereocenters. The van der Waals surface area contributed by atoms with Crippen molar-refractivity contribution in [3.8, 4) is 0 Å². The van der Waals surface area contributed by atoms with Crippen molar-refractivity contribution in [3.63, 3.8) is 0 Å². The Balaban J connectivity index is 1.79. The number of hydrogen-bond acceptors (Lipinski definition) is 4. The molecule has 1 amide bonds. The molecule has 0 aliphatic heterocycles. The molecule has 0 bridgehead atoms. The molecule has 1 aliphatic carbocycles. The van der Waals surface area contributed by atoms with E-state index in [0.717, 1.165) is 0 Å². The zero-order chi connectivity index (χ0) is 12.4. The monoisotopic (exact) mass is 256 g/mol. The lowest BCUT2D eigenvalue weighted by molar-refractivity contribution is -0.119. The SMILES string of the molecule is C[C@H](NC(=O)CSc1n[nH]c(=O)n1C)C1CC1. The minimum Gasteiger partial charge on any atom is -0.353 e. The number of rotatable bonds is 5. The molecule has 0 aromatic carbocycles. The molecule has 0 spiro atoms. The third kappa shape index (κ3) is 3.12. The number of carbonyl (C=O) groups is 1. The highest BCUT2D eigenvalue weighted by Crippen LogP contribution is 2.32. The van der Waals surface area contributed by atoms with E-state index < -0.39 is 0 Å². The molecule has 1 aromatic rings. The second-order valence-corrected chi connectivity index (χ2v) is 5.30. The first-order valence-electron chi connectivity index (χ1n) is 5.61. The number of amides is 1. The highest BCUT2D eigenvalue weighted by molar-refractivity contribution is 7.99. The maximum absolute atomic E-state index is 11.6. The number of H-pyrrole nitrogens is 1. The van der Waals surface area contributed by atoms with Crippen molar-refractivity contribution in [2.75, 3.05) is 5.75 Å². The van der Waals surface area contributed by atoms with Gasteiger partial charge in [0.2, 0.25) is 5.91 Å². The summed E-state index contributed by atoms with van der Waals surface area (Å²) in [4.78, 5) is 22.7. The third-order valence-corrected chi connectivity index (χ3v) is 3.92. The van der Waals surface area contributed by atoms with Crippen LogP contribution in [0.15, 0.2) is 9.95 Å². The fourth-order valence-electron chi connectivity index (χ4n) is 1.60. The lowest BCUT2D eigenvalue weighted by atomic mass is 10.2. The van der Waals surface area contributed by atoms with E-state index in [1.165, 1.54) is 29.2 Å². The van der Waals surface area contributed by atoms with Gasteiger partial charge in [-0.05, 0) is 25.7 Å². The Morgan fingerprint density at radius 1 is 1.71 bits per heavy atom. The van der Waals surface area contributed by atoms with E-state index in [0.29, 0.717) is 11.1 Å². The molecular weight excluding hydrogens is 240 g/mol. The normalized spacial score (nSPS) is 16.8. The fraction of sp³-hybridized carbons (Fsp3) is 0.700. The molecule has 7 heteroatoms. The summed E-state index contributed by atoms with van der Waals surface area (Å²) in [6.07, 6.45) is 2.42. The van der Waals surface area contributed by atoms with Gasteiger partial charge >= 0.3 is 5.69 Å². The van der Waals surface area contributed by atoms with Gasteiger partial charge < -0.3 is 5.32 Å². The van der Waals surface area contributed by atoms with Crippen molar-refractivity contribution < 1.29 is 4.79 Å². The van der Waals surface area contributed by atoms with Gasteiger partial charge in [-0.2, -0.15) is 0 Å². The molecule has 1 saturated carbocycles. The average molecular weight is 256 g/mol. The Morgan fingerprint density at radius 2 is 2.41 bits per heavy atom. The van der Waals surface area contributed by atoms with Crippen molar-refractivity contribution in [2.24, 2.45) is 13.0 Å². The van der Waals surface area contributed by atoms with Gasteiger partial charge in [0.25, 0.3) is 0 Å². The molecule has 1 heterocycles. The fourth-order valence-corrected chi connectivity index (χ4v) is 2.33. The third-order valence-electron chi connectivity index (χ3n) is 2.89. The van der Waals surface area contributed by atoms with E-state index in [1.807, 2.05) is 6.92 Å². The van der Waals surface area contributed by atoms with E-state index in [-0.39, 0.29) is 23.4 Å². The van der Waals surface area contributed by atoms with Crippen LogP contribution in [0.1, 0.15) is 19.8 Å². The van der Waals surface area contributed by atoms with Crippen molar-refractivity contribution in [3.05, 3.63) is 10.5 Å². The van der Waals surface area contributed by atoms with Crippen molar-refractivity contribution >= 4 is 17.7 Å². The molecule has 0 radical (unpaired) electrons. The van der Waals surface area contributed by atoms with Gasteiger partial charge in [-0.25, -0.2) is 9.89 Å². The molecule has 1 aliphatic rings.